The van der Waals surface area contributed by atoms with Crippen LogP contribution in [0.25, 0.3) is 10.9 Å². The number of hydrogen-bond acceptors (Lipinski definition) is 2. The number of thiophene rings is 1. The molecular weight excluding hydrogens is 344 g/mol. The molecule has 110 valence electrons. The summed E-state index contributed by atoms with van der Waals surface area (Å²) in [4.78, 5) is 1.36. The largest absolute Gasteiger partial charge is 0.342 e. The van der Waals surface area contributed by atoms with Gasteiger partial charge in [0.25, 0.3) is 0 Å². The molecule has 21 heavy (non-hydrogen) atoms. The summed E-state index contributed by atoms with van der Waals surface area (Å²) in [6, 6.07) is 11.5. The Morgan fingerprint density at radius 1 is 1.24 bits per heavy atom. The Labute approximate surface area is 137 Å². The van der Waals surface area contributed by atoms with Gasteiger partial charge in [0.2, 0.25) is 0 Å². The number of fused-ring (bicyclic) bond motifs is 1. The molecule has 0 spiro atoms. The lowest BCUT2D eigenvalue weighted by atomic mass is 10.1. The number of aromatic nitrogens is 1. The Hall–Kier alpha value is -1.10. The fourth-order valence-electron chi connectivity index (χ4n) is 2.39. The molecule has 3 rings (SSSR count). The van der Waals surface area contributed by atoms with E-state index >= 15 is 0 Å². The van der Waals surface area contributed by atoms with Gasteiger partial charge in [-0.05, 0) is 50.5 Å². The quantitative estimate of drug-likeness (QED) is 0.674. The average Bonchev–Trinajstić information content (AvgIpc) is 3.04. The SMILES string of the molecule is CC(C)NCc1ccc2ccn(Cc3sccc3Br)c2c1. The van der Waals surface area contributed by atoms with Gasteiger partial charge in [0.1, 0.15) is 0 Å². The number of nitrogens with zero attached hydrogens (tertiary/aromatic N) is 1. The van der Waals surface area contributed by atoms with Crippen molar-refractivity contribution in [1.82, 2.24) is 9.88 Å². The molecule has 0 aliphatic carbocycles. The summed E-state index contributed by atoms with van der Waals surface area (Å²) in [5, 5.41) is 6.91. The van der Waals surface area contributed by atoms with E-state index in [1.165, 1.54) is 25.8 Å². The molecule has 4 heteroatoms. The van der Waals surface area contributed by atoms with E-state index in [-0.39, 0.29) is 0 Å². The third-order valence-corrected chi connectivity index (χ3v) is 5.47. The summed E-state index contributed by atoms with van der Waals surface area (Å²) in [6.07, 6.45) is 2.18. The minimum atomic E-state index is 0.509. The van der Waals surface area contributed by atoms with Crippen LogP contribution in [-0.2, 0) is 13.1 Å². The summed E-state index contributed by atoms with van der Waals surface area (Å²) in [6.45, 7) is 6.19. The van der Waals surface area contributed by atoms with Gasteiger partial charge >= 0.3 is 0 Å². The van der Waals surface area contributed by atoms with Crippen LogP contribution in [0.1, 0.15) is 24.3 Å². The summed E-state index contributed by atoms with van der Waals surface area (Å²) in [5.74, 6) is 0. The highest BCUT2D eigenvalue weighted by Gasteiger charge is 2.07. The second-order valence-corrected chi connectivity index (χ2v) is 7.42. The monoisotopic (exact) mass is 362 g/mol. The number of hydrogen-bond donors (Lipinski definition) is 1. The van der Waals surface area contributed by atoms with E-state index in [0.29, 0.717) is 6.04 Å². The fraction of sp³-hybridized carbons (Fsp3) is 0.294. The normalized spacial score (nSPS) is 11.6. The van der Waals surface area contributed by atoms with Crippen LogP contribution in [0.2, 0.25) is 0 Å². The minimum Gasteiger partial charge on any atom is -0.342 e. The zero-order valence-electron chi connectivity index (χ0n) is 12.3. The summed E-state index contributed by atoms with van der Waals surface area (Å²) in [5.41, 5.74) is 2.64. The average molecular weight is 363 g/mol. The maximum atomic E-state index is 3.62. The molecule has 0 saturated heterocycles. The van der Waals surface area contributed by atoms with Gasteiger partial charge in [0.15, 0.2) is 0 Å². The molecule has 0 aliphatic heterocycles. The molecule has 0 fully saturated rings. The molecule has 0 saturated carbocycles. The molecule has 0 aliphatic rings. The van der Waals surface area contributed by atoms with Gasteiger partial charge in [-0.2, -0.15) is 0 Å². The van der Waals surface area contributed by atoms with Crippen LogP contribution in [-0.4, -0.2) is 10.6 Å². The van der Waals surface area contributed by atoms with Crippen molar-refractivity contribution in [3.05, 3.63) is 56.8 Å². The zero-order chi connectivity index (χ0) is 14.8. The van der Waals surface area contributed by atoms with E-state index in [0.717, 1.165) is 13.1 Å². The molecule has 0 bridgehead atoms. The van der Waals surface area contributed by atoms with Crippen molar-refractivity contribution in [2.24, 2.45) is 0 Å². The molecule has 2 heterocycles. The maximum Gasteiger partial charge on any atom is 0.0580 e. The smallest absolute Gasteiger partial charge is 0.0580 e. The summed E-state index contributed by atoms with van der Waals surface area (Å²) >= 11 is 5.41. The van der Waals surface area contributed by atoms with Crippen molar-refractivity contribution >= 4 is 38.2 Å². The van der Waals surface area contributed by atoms with Crippen LogP contribution in [0.5, 0.6) is 0 Å². The molecule has 2 aromatic heterocycles. The van der Waals surface area contributed by atoms with Crippen molar-refractivity contribution in [3.8, 4) is 0 Å². The van der Waals surface area contributed by atoms with Crippen molar-refractivity contribution in [3.63, 3.8) is 0 Å². The Bertz CT molecular complexity index is 742. The van der Waals surface area contributed by atoms with Crippen LogP contribution < -0.4 is 5.32 Å². The highest BCUT2D eigenvalue weighted by molar-refractivity contribution is 9.10. The van der Waals surface area contributed by atoms with Crippen LogP contribution >= 0.6 is 27.3 Å². The Morgan fingerprint density at radius 2 is 2.10 bits per heavy atom. The summed E-state index contributed by atoms with van der Waals surface area (Å²) in [7, 11) is 0. The highest BCUT2D eigenvalue weighted by atomic mass is 79.9. The minimum absolute atomic E-state index is 0.509. The molecule has 0 radical (unpaired) electrons. The predicted molar refractivity (Wildman–Crippen MR) is 95.0 cm³/mol. The van der Waals surface area contributed by atoms with E-state index in [9.17, 15) is 0 Å². The summed E-state index contributed by atoms with van der Waals surface area (Å²) < 4.78 is 3.53. The highest BCUT2D eigenvalue weighted by Crippen LogP contribution is 2.26. The van der Waals surface area contributed by atoms with Crippen molar-refractivity contribution in [1.29, 1.82) is 0 Å². The van der Waals surface area contributed by atoms with E-state index < -0.39 is 0 Å². The van der Waals surface area contributed by atoms with Crippen LogP contribution in [0.4, 0.5) is 0 Å². The molecule has 1 N–H and O–H groups in total. The predicted octanol–water partition coefficient (Wildman–Crippen LogP) is 5.01. The number of rotatable bonds is 5. The first-order valence-corrected chi connectivity index (χ1v) is 8.84. The molecule has 0 atom stereocenters. The molecule has 2 nitrogen and oxygen atoms in total. The molecule has 3 aromatic rings. The lowest BCUT2D eigenvalue weighted by molar-refractivity contribution is 0.589. The molecule has 0 amide bonds. The van der Waals surface area contributed by atoms with Gasteiger partial charge in [0, 0.05) is 33.7 Å². The first kappa shape index (κ1) is 14.8. The first-order valence-electron chi connectivity index (χ1n) is 7.16. The zero-order valence-corrected chi connectivity index (χ0v) is 14.7. The van der Waals surface area contributed by atoms with Gasteiger partial charge in [0.05, 0.1) is 6.54 Å². The Balaban J connectivity index is 1.89. The van der Waals surface area contributed by atoms with Crippen molar-refractivity contribution < 1.29 is 0 Å². The molecular formula is C17H19BrN2S. The lowest BCUT2D eigenvalue weighted by Crippen LogP contribution is -2.21. The third kappa shape index (κ3) is 3.39. The second kappa shape index (κ2) is 6.34. The lowest BCUT2D eigenvalue weighted by Gasteiger charge is -2.09. The number of nitrogens with one attached hydrogen (secondary N) is 1. The van der Waals surface area contributed by atoms with E-state index in [4.69, 9.17) is 0 Å². The van der Waals surface area contributed by atoms with Gasteiger partial charge in [-0.3, -0.25) is 0 Å². The second-order valence-electron chi connectivity index (χ2n) is 5.56. The van der Waals surface area contributed by atoms with Crippen molar-refractivity contribution in [2.75, 3.05) is 0 Å². The van der Waals surface area contributed by atoms with Gasteiger partial charge < -0.3 is 9.88 Å². The molecule has 1 aromatic carbocycles. The number of halogens is 1. The fourth-order valence-corrected chi connectivity index (χ4v) is 3.87. The van der Waals surface area contributed by atoms with Crippen LogP contribution in [0.3, 0.4) is 0 Å². The third-order valence-electron chi connectivity index (χ3n) is 3.56. The standard InChI is InChI=1S/C17H19BrN2S/c1-12(2)19-10-13-3-4-14-5-7-20(16(14)9-13)11-17-15(18)6-8-21-17/h3-9,12,19H,10-11H2,1-2H3. The van der Waals surface area contributed by atoms with Crippen molar-refractivity contribution in [2.45, 2.75) is 33.0 Å². The molecule has 0 unspecified atom stereocenters. The topological polar surface area (TPSA) is 17.0 Å². The Kier molecular flexibility index (Phi) is 4.48. The Morgan fingerprint density at radius 3 is 2.81 bits per heavy atom. The van der Waals surface area contributed by atoms with Crippen LogP contribution in [0.15, 0.2) is 46.4 Å². The number of benzene rings is 1. The maximum absolute atomic E-state index is 3.62. The van der Waals surface area contributed by atoms with E-state index in [2.05, 4.69) is 81.6 Å². The van der Waals surface area contributed by atoms with Crippen LogP contribution in [0, 0.1) is 0 Å². The van der Waals surface area contributed by atoms with Gasteiger partial charge in [-0.25, -0.2) is 0 Å². The van der Waals surface area contributed by atoms with Gasteiger partial charge in [-0.15, -0.1) is 11.3 Å². The van der Waals surface area contributed by atoms with E-state index in [1.807, 2.05) is 0 Å². The van der Waals surface area contributed by atoms with Gasteiger partial charge in [-0.1, -0.05) is 26.0 Å². The first-order chi connectivity index (χ1) is 10.1. The van der Waals surface area contributed by atoms with E-state index in [1.54, 1.807) is 11.3 Å².